The van der Waals surface area contributed by atoms with E-state index in [0.717, 1.165) is 24.2 Å². The van der Waals surface area contributed by atoms with Crippen molar-refractivity contribution in [1.29, 1.82) is 0 Å². The SMILES string of the molecule is NCC1CCCC1CNC(=O)c1ccc2c(c1)COC2. The van der Waals surface area contributed by atoms with Gasteiger partial charge in [0.1, 0.15) is 0 Å². The number of fused-ring (bicyclic) bond motifs is 1. The molecule has 0 radical (unpaired) electrons. The standard InChI is InChI=1S/C16H22N2O2/c17-7-12-2-1-3-13(12)8-18-16(19)11-4-5-14-9-20-10-15(14)6-11/h4-6,12-13H,1-3,7-10,17H2,(H,18,19). The van der Waals surface area contributed by atoms with Crippen molar-refractivity contribution >= 4 is 5.91 Å². The lowest BCUT2D eigenvalue weighted by Crippen LogP contribution is -2.32. The fourth-order valence-electron chi connectivity index (χ4n) is 3.33. The molecule has 1 aromatic rings. The van der Waals surface area contributed by atoms with Crippen LogP contribution in [0.1, 0.15) is 40.7 Å². The summed E-state index contributed by atoms with van der Waals surface area (Å²) in [6.45, 7) is 2.76. The van der Waals surface area contributed by atoms with E-state index in [0.29, 0.717) is 25.0 Å². The van der Waals surface area contributed by atoms with Crippen molar-refractivity contribution < 1.29 is 9.53 Å². The van der Waals surface area contributed by atoms with E-state index in [2.05, 4.69) is 5.32 Å². The van der Waals surface area contributed by atoms with E-state index < -0.39 is 0 Å². The molecular weight excluding hydrogens is 252 g/mol. The molecule has 1 aliphatic carbocycles. The number of hydrogen-bond acceptors (Lipinski definition) is 3. The third-order valence-electron chi connectivity index (χ3n) is 4.63. The van der Waals surface area contributed by atoms with Crippen molar-refractivity contribution in [3.63, 3.8) is 0 Å². The van der Waals surface area contributed by atoms with Crippen LogP contribution in [0.3, 0.4) is 0 Å². The fourth-order valence-corrected chi connectivity index (χ4v) is 3.33. The molecule has 1 aliphatic heterocycles. The molecule has 2 unspecified atom stereocenters. The van der Waals surface area contributed by atoms with Gasteiger partial charge in [-0.05, 0) is 54.5 Å². The molecule has 4 nitrogen and oxygen atoms in total. The molecule has 0 aromatic heterocycles. The van der Waals surface area contributed by atoms with E-state index in [1.54, 1.807) is 0 Å². The Morgan fingerprint density at radius 1 is 1.25 bits per heavy atom. The van der Waals surface area contributed by atoms with Crippen molar-refractivity contribution in [1.82, 2.24) is 5.32 Å². The Morgan fingerprint density at radius 3 is 2.90 bits per heavy atom. The lowest BCUT2D eigenvalue weighted by atomic mass is 9.96. The van der Waals surface area contributed by atoms with E-state index in [1.807, 2.05) is 18.2 Å². The molecule has 0 saturated heterocycles. The zero-order chi connectivity index (χ0) is 13.9. The number of benzene rings is 1. The number of nitrogens with two attached hydrogens (primary N) is 1. The first-order valence-corrected chi connectivity index (χ1v) is 7.45. The van der Waals surface area contributed by atoms with Gasteiger partial charge < -0.3 is 15.8 Å². The second-order valence-corrected chi connectivity index (χ2v) is 5.87. The van der Waals surface area contributed by atoms with E-state index in [9.17, 15) is 4.79 Å². The van der Waals surface area contributed by atoms with Crippen LogP contribution >= 0.6 is 0 Å². The highest BCUT2D eigenvalue weighted by Gasteiger charge is 2.26. The molecule has 2 atom stereocenters. The summed E-state index contributed by atoms with van der Waals surface area (Å²) in [5, 5.41) is 3.06. The number of rotatable bonds is 4. The number of nitrogens with one attached hydrogen (secondary N) is 1. The van der Waals surface area contributed by atoms with Crippen molar-refractivity contribution in [2.75, 3.05) is 13.1 Å². The topological polar surface area (TPSA) is 64.3 Å². The molecule has 1 amide bonds. The first kappa shape index (κ1) is 13.6. The maximum Gasteiger partial charge on any atom is 0.251 e. The second kappa shape index (κ2) is 5.94. The van der Waals surface area contributed by atoms with Gasteiger partial charge in [0, 0.05) is 12.1 Å². The molecule has 1 heterocycles. The summed E-state index contributed by atoms with van der Waals surface area (Å²) < 4.78 is 5.37. The zero-order valence-electron chi connectivity index (χ0n) is 11.7. The summed E-state index contributed by atoms with van der Waals surface area (Å²) in [4.78, 5) is 12.2. The van der Waals surface area contributed by atoms with E-state index in [4.69, 9.17) is 10.5 Å². The van der Waals surface area contributed by atoms with Gasteiger partial charge in [0.15, 0.2) is 0 Å². The van der Waals surface area contributed by atoms with E-state index >= 15 is 0 Å². The average Bonchev–Trinajstić information content (AvgIpc) is 3.12. The molecule has 1 saturated carbocycles. The molecule has 0 bridgehead atoms. The first-order chi connectivity index (χ1) is 9.78. The summed E-state index contributed by atoms with van der Waals surface area (Å²) in [7, 11) is 0. The summed E-state index contributed by atoms with van der Waals surface area (Å²) >= 11 is 0. The highest BCUT2D eigenvalue weighted by atomic mass is 16.5. The number of amides is 1. The summed E-state index contributed by atoms with van der Waals surface area (Å²) in [6, 6.07) is 5.83. The summed E-state index contributed by atoms with van der Waals surface area (Å²) in [6.07, 6.45) is 3.62. The van der Waals surface area contributed by atoms with Crippen LogP contribution in [0.5, 0.6) is 0 Å². The first-order valence-electron chi connectivity index (χ1n) is 7.45. The minimum atomic E-state index is 0.0161. The van der Waals surface area contributed by atoms with Gasteiger partial charge >= 0.3 is 0 Å². The van der Waals surface area contributed by atoms with E-state index in [-0.39, 0.29) is 5.91 Å². The number of ether oxygens (including phenoxy) is 1. The predicted molar refractivity (Wildman–Crippen MR) is 77.2 cm³/mol. The molecule has 20 heavy (non-hydrogen) atoms. The van der Waals surface area contributed by atoms with Crippen LogP contribution in [0.4, 0.5) is 0 Å². The van der Waals surface area contributed by atoms with Gasteiger partial charge in [-0.1, -0.05) is 12.5 Å². The lowest BCUT2D eigenvalue weighted by molar-refractivity contribution is 0.0944. The lowest BCUT2D eigenvalue weighted by Gasteiger charge is -2.18. The van der Waals surface area contributed by atoms with Crippen LogP contribution < -0.4 is 11.1 Å². The minimum absolute atomic E-state index is 0.0161. The van der Waals surface area contributed by atoms with Gasteiger partial charge in [0.25, 0.3) is 5.91 Å². The van der Waals surface area contributed by atoms with Crippen LogP contribution in [0.25, 0.3) is 0 Å². The molecule has 2 aliphatic rings. The van der Waals surface area contributed by atoms with Crippen molar-refractivity contribution in [3.8, 4) is 0 Å². The van der Waals surface area contributed by atoms with Gasteiger partial charge in [0.2, 0.25) is 0 Å². The van der Waals surface area contributed by atoms with E-state index in [1.165, 1.54) is 24.8 Å². The molecule has 108 valence electrons. The summed E-state index contributed by atoms with van der Waals surface area (Å²) in [5.41, 5.74) is 8.84. The van der Waals surface area contributed by atoms with Crippen molar-refractivity contribution in [2.24, 2.45) is 17.6 Å². The molecule has 3 rings (SSSR count). The smallest absolute Gasteiger partial charge is 0.251 e. The normalized spacial score (nSPS) is 24.6. The van der Waals surface area contributed by atoms with Crippen LogP contribution in [0, 0.1) is 11.8 Å². The molecule has 4 heteroatoms. The third kappa shape index (κ3) is 2.72. The number of carbonyl (C=O) groups is 1. The minimum Gasteiger partial charge on any atom is -0.372 e. The Hall–Kier alpha value is -1.39. The maximum absolute atomic E-state index is 12.2. The third-order valence-corrected chi connectivity index (χ3v) is 4.63. The highest BCUT2D eigenvalue weighted by molar-refractivity contribution is 5.94. The Morgan fingerprint density at radius 2 is 2.05 bits per heavy atom. The van der Waals surface area contributed by atoms with Crippen molar-refractivity contribution in [2.45, 2.75) is 32.5 Å². The fraction of sp³-hybridized carbons (Fsp3) is 0.562. The van der Waals surface area contributed by atoms with Gasteiger partial charge in [-0.15, -0.1) is 0 Å². The quantitative estimate of drug-likeness (QED) is 0.880. The Balaban J connectivity index is 1.59. The Labute approximate surface area is 119 Å². The zero-order valence-corrected chi connectivity index (χ0v) is 11.7. The number of carbonyl (C=O) groups excluding carboxylic acids is 1. The summed E-state index contributed by atoms with van der Waals surface area (Å²) in [5.74, 6) is 1.13. The monoisotopic (exact) mass is 274 g/mol. The maximum atomic E-state index is 12.2. The molecule has 0 spiro atoms. The molecular formula is C16H22N2O2. The Kier molecular flexibility index (Phi) is 4.03. The molecule has 1 aromatic carbocycles. The van der Waals surface area contributed by atoms with Crippen LogP contribution in [0.15, 0.2) is 18.2 Å². The van der Waals surface area contributed by atoms with Gasteiger partial charge in [0.05, 0.1) is 13.2 Å². The second-order valence-electron chi connectivity index (χ2n) is 5.87. The Bertz CT molecular complexity index is 501. The van der Waals surface area contributed by atoms with Crippen LogP contribution in [0.2, 0.25) is 0 Å². The molecule has 1 fully saturated rings. The number of hydrogen-bond donors (Lipinski definition) is 2. The van der Waals surface area contributed by atoms with Crippen LogP contribution in [-0.2, 0) is 18.0 Å². The predicted octanol–water partition coefficient (Wildman–Crippen LogP) is 1.82. The average molecular weight is 274 g/mol. The van der Waals surface area contributed by atoms with Gasteiger partial charge in [-0.3, -0.25) is 4.79 Å². The van der Waals surface area contributed by atoms with Crippen molar-refractivity contribution in [3.05, 3.63) is 34.9 Å². The van der Waals surface area contributed by atoms with Gasteiger partial charge in [-0.25, -0.2) is 0 Å². The van der Waals surface area contributed by atoms with Crippen LogP contribution in [-0.4, -0.2) is 19.0 Å². The molecule has 3 N–H and O–H groups in total. The van der Waals surface area contributed by atoms with Gasteiger partial charge in [-0.2, -0.15) is 0 Å². The highest BCUT2D eigenvalue weighted by Crippen LogP contribution is 2.30. The largest absolute Gasteiger partial charge is 0.372 e.